The van der Waals surface area contributed by atoms with E-state index in [-0.39, 0.29) is 5.91 Å². The van der Waals surface area contributed by atoms with Gasteiger partial charge < -0.3 is 4.90 Å². The fourth-order valence-electron chi connectivity index (χ4n) is 3.76. The number of nitrogens with zero attached hydrogens (tertiary/aromatic N) is 4. The normalized spacial score (nSPS) is 21.1. The van der Waals surface area contributed by atoms with E-state index < -0.39 is 0 Å². The maximum atomic E-state index is 12.4. The number of carbonyl (C=O) groups excluding carboxylic acids is 1. The van der Waals surface area contributed by atoms with Crippen LogP contribution in [0.4, 0.5) is 0 Å². The molecule has 4 heterocycles. The smallest absolute Gasteiger partial charge is 0.273 e. The molecule has 0 atom stereocenters. The zero-order valence-corrected chi connectivity index (χ0v) is 14.6. The van der Waals surface area contributed by atoms with Crippen LogP contribution in [0.25, 0.3) is 0 Å². The van der Waals surface area contributed by atoms with Crippen molar-refractivity contribution >= 4 is 28.6 Å². The Bertz CT molecular complexity index is 648. The zero-order valence-electron chi connectivity index (χ0n) is 13.0. The number of piperidine rings is 1. The summed E-state index contributed by atoms with van der Waals surface area (Å²) < 4.78 is 0. The summed E-state index contributed by atoms with van der Waals surface area (Å²) in [5, 5.41) is 5.10. The lowest BCUT2D eigenvalue weighted by Crippen LogP contribution is -2.44. The zero-order chi connectivity index (χ0) is 15.7. The van der Waals surface area contributed by atoms with Gasteiger partial charge in [0.15, 0.2) is 0 Å². The Morgan fingerprint density at radius 2 is 2.04 bits per heavy atom. The molecule has 4 rings (SSSR count). The molecule has 0 aromatic carbocycles. The van der Waals surface area contributed by atoms with Gasteiger partial charge in [0.1, 0.15) is 10.7 Å². The molecule has 2 aromatic rings. The lowest BCUT2D eigenvalue weighted by Gasteiger charge is -2.39. The van der Waals surface area contributed by atoms with Gasteiger partial charge in [0.2, 0.25) is 0 Å². The minimum absolute atomic E-state index is 0.0961. The first-order valence-electron chi connectivity index (χ1n) is 8.02. The fraction of sp³-hybridized carbons (Fsp3) is 0.562. The van der Waals surface area contributed by atoms with Crippen molar-refractivity contribution in [2.75, 3.05) is 26.2 Å². The molecule has 0 saturated carbocycles. The van der Waals surface area contributed by atoms with E-state index in [1.807, 2.05) is 21.9 Å². The number of aromatic nitrogens is 2. The number of carbonyl (C=O) groups is 1. The van der Waals surface area contributed by atoms with Crippen LogP contribution in [-0.4, -0.2) is 51.9 Å². The van der Waals surface area contributed by atoms with Crippen molar-refractivity contribution in [2.45, 2.75) is 25.8 Å². The maximum Gasteiger partial charge on any atom is 0.273 e. The first-order chi connectivity index (χ1) is 11.2. The van der Waals surface area contributed by atoms with E-state index in [0.29, 0.717) is 11.1 Å². The van der Waals surface area contributed by atoms with Crippen molar-refractivity contribution in [3.63, 3.8) is 0 Å². The molecule has 0 unspecified atom stereocenters. The summed E-state index contributed by atoms with van der Waals surface area (Å²) in [6, 6.07) is 0. The van der Waals surface area contributed by atoms with E-state index in [1.54, 1.807) is 16.8 Å². The number of amides is 1. The van der Waals surface area contributed by atoms with Crippen molar-refractivity contribution in [2.24, 2.45) is 5.41 Å². The quantitative estimate of drug-likeness (QED) is 0.856. The van der Waals surface area contributed by atoms with Crippen molar-refractivity contribution < 1.29 is 4.79 Å². The highest BCUT2D eigenvalue weighted by Gasteiger charge is 2.41. The third kappa shape index (κ3) is 3.18. The predicted octanol–water partition coefficient (Wildman–Crippen LogP) is 2.73. The molecule has 0 aliphatic carbocycles. The second-order valence-electron chi connectivity index (χ2n) is 6.55. The second-order valence-corrected chi connectivity index (χ2v) is 8.25. The first kappa shape index (κ1) is 15.2. The van der Waals surface area contributed by atoms with Gasteiger partial charge in [-0.15, -0.1) is 22.7 Å². The van der Waals surface area contributed by atoms with Crippen molar-refractivity contribution in [1.82, 2.24) is 19.8 Å². The summed E-state index contributed by atoms with van der Waals surface area (Å²) >= 11 is 3.22. The number of thiazole rings is 2. The number of rotatable bonds is 3. The topological polar surface area (TPSA) is 49.3 Å². The fourth-order valence-corrected chi connectivity index (χ4v) is 4.94. The second kappa shape index (κ2) is 6.30. The van der Waals surface area contributed by atoms with Crippen LogP contribution in [0.3, 0.4) is 0 Å². The van der Waals surface area contributed by atoms with Crippen molar-refractivity contribution in [1.29, 1.82) is 0 Å². The molecular weight excluding hydrogens is 328 g/mol. The molecule has 0 N–H and O–H groups in total. The highest BCUT2D eigenvalue weighted by Crippen LogP contribution is 2.41. The number of hydrogen-bond acceptors (Lipinski definition) is 6. The molecule has 122 valence electrons. The van der Waals surface area contributed by atoms with Crippen LogP contribution in [0.2, 0.25) is 0 Å². The van der Waals surface area contributed by atoms with Gasteiger partial charge in [0.05, 0.1) is 12.1 Å². The van der Waals surface area contributed by atoms with E-state index in [9.17, 15) is 4.79 Å². The molecular formula is C16H20N4OS2. The average molecular weight is 348 g/mol. The lowest BCUT2D eigenvalue weighted by atomic mass is 9.77. The minimum atomic E-state index is 0.0961. The summed E-state index contributed by atoms with van der Waals surface area (Å²) in [4.78, 5) is 25.4. The summed E-state index contributed by atoms with van der Waals surface area (Å²) in [5.41, 5.74) is 2.73. The van der Waals surface area contributed by atoms with E-state index in [2.05, 4.69) is 14.9 Å². The molecule has 5 nitrogen and oxygen atoms in total. The van der Waals surface area contributed by atoms with Crippen LogP contribution in [0.5, 0.6) is 0 Å². The molecule has 23 heavy (non-hydrogen) atoms. The van der Waals surface area contributed by atoms with Crippen LogP contribution in [0, 0.1) is 5.41 Å². The van der Waals surface area contributed by atoms with Gasteiger partial charge in [-0.05, 0) is 31.2 Å². The molecule has 2 aliphatic heterocycles. The average Bonchev–Trinajstić information content (AvgIpc) is 3.31. The van der Waals surface area contributed by atoms with E-state index >= 15 is 0 Å². The maximum absolute atomic E-state index is 12.4. The van der Waals surface area contributed by atoms with Gasteiger partial charge in [-0.3, -0.25) is 9.69 Å². The lowest BCUT2D eigenvalue weighted by molar-refractivity contribution is 0.0583. The summed E-state index contributed by atoms with van der Waals surface area (Å²) in [7, 11) is 0. The van der Waals surface area contributed by atoms with Gasteiger partial charge in [-0.1, -0.05) is 0 Å². The molecule has 1 amide bonds. The Morgan fingerprint density at radius 3 is 2.74 bits per heavy atom. The molecule has 2 aromatic heterocycles. The number of likely N-dealkylation sites (tertiary alicyclic amines) is 2. The summed E-state index contributed by atoms with van der Waals surface area (Å²) in [6.07, 6.45) is 5.35. The van der Waals surface area contributed by atoms with Crippen molar-refractivity contribution in [3.8, 4) is 0 Å². The molecule has 7 heteroatoms. The predicted molar refractivity (Wildman–Crippen MR) is 91.7 cm³/mol. The van der Waals surface area contributed by atoms with Crippen LogP contribution in [-0.2, 0) is 6.54 Å². The summed E-state index contributed by atoms with van der Waals surface area (Å²) in [6.45, 7) is 4.99. The molecule has 1 spiro atoms. The van der Waals surface area contributed by atoms with Gasteiger partial charge in [-0.25, -0.2) is 9.97 Å². The highest BCUT2D eigenvalue weighted by molar-refractivity contribution is 7.09. The Kier molecular flexibility index (Phi) is 4.17. The van der Waals surface area contributed by atoms with Crippen LogP contribution < -0.4 is 0 Å². The highest BCUT2D eigenvalue weighted by atomic mass is 32.1. The molecule has 2 saturated heterocycles. The van der Waals surface area contributed by atoms with Gasteiger partial charge in [0.25, 0.3) is 5.91 Å². The van der Waals surface area contributed by atoms with E-state index in [4.69, 9.17) is 0 Å². The van der Waals surface area contributed by atoms with Gasteiger partial charge in [0, 0.05) is 36.6 Å². The van der Waals surface area contributed by atoms with Crippen LogP contribution in [0.15, 0.2) is 22.5 Å². The summed E-state index contributed by atoms with van der Waals surface area (Å²) in [5.74, 6) is 0.0961. The first-order valence-corrected chi connectivity index (χ1v) is 9.85. The van der Waals surface area contributed by atoms with Gasteiger partial charge >= 0.3 is 0 Å². The Morgan fingerprint density at radius 1 is 1.22 bits per heavy atom. The Labute approximate surface area is 144 Å². The molecule has 2 aliphatic rings. The van der Waals surface area contributed by atoms with Crippen molar-refractivity contribution in [3.05, 3.63) is 33.2 Å². The van der Waals surface area contributed by atoms with Gasteiger partial charge in [-0.2, -0.15) is 0 Å². The van der Waals surface area contributed by atoms with E-state index in [0.717, 1.165) is 45.6 Å². The minimum Gasteiger partial charge on any atom is -0.337 e. The monoisotopic (exact) mass is 348 g/mol. The number of hydrogen-bond donors (Lipinski definition) is 0. The third-order valence-electron chi connectivity index (χ3n) is 5.12. The Balaban J connectivity index is 1.33. The Hall–Kier alpha value is -1.31. The standard InChI is InChI=1S/C16H20N4OS2/c21-15(13-10-22-12-18-13)20-6-2-16(3-7-20)1-5-19(11-16)9-14-17-4-8-23-14/h4,8,10,12H,1-3,5-7,9,11H2. The SMILES string of the molecule is O=C(c1cscn1)N1CCC2(CCN(Cc3nccs3)C2)CC1. The largest absolute Gasteiger partial charge is 0.337 e. The molecule has 2 fully saturated rings. The van der Waals surface area contributed by atoms with E-state index in [1.165, 1.54) is 22.8 Å². The van der Waals surface area contributed by atoms with Crippen LogP contribution in [0.1, 0.15) is 34.8 Å². The van der Waals surface area contributed by atoms with Crippen LogP contribution >= 0.6 is 22.7 Å². The molecule has 0 radical (unpaired) electrons. The third-order valence-corrected chi connectivity index (χ3v) is 6.47. The molecule has 0 bridgehead atoms.